The van der Waals surface area contributed by atoms with Crippen molar-refractivity contribution in [3.05, 3.63) is 58.2 Å². The van der Waals surface area contributed by atoms with E-state index in [0.29, 0.717) is 5.75 Å². The van der Waals surface area contributed by atoms with Crippen LogP contribution >= 0.6 is 15.0 Å². The standard InChI is InChI=1S/C38H62O8P2/c1-11-42-47(10,40)36(48(41,43-12-2)44-13-3)23-22-35(39)45-34-27-32(8)37-33(28-34)24-26-38(9,46-37)25-16-21-31(7)20-15-19-30(6)18-14-17-29(4)5/h17,19,21,27-28,36H,11-16,18,20,22-26H2,1-10H3/b30-19+,31-21+. The summed E-state index contributed by atoms with van der Waals surface area (Å²) in [5, 5.41) is -1.07. The number of ether oxygens (including phenoxy) is 2. The molecule has 0 radical (unpaired) electrons. The maximum absolute atomic E-state index is 13.6. The van der Waals surface area contributed by atoms with E-state index in [4.69, 9.17) is 23.0 Å². The fourth-order valence-corrected chi connectivity index (χ4v) is 11.5. The van der Waals surface area contributed by atoms with Crippen LogP contribution in [-0.2, 0) is 33.9 Å². The Balaban J connectivity index is 1.99. The zero-order chi connectivity index (χ0) is 36.0. The van der Waals surface area contributed by atoms with Gasteiger partial charge in [-0.1, -0.05) is 34.9 Å². The van der Waals surface area contributed by atoms with Crippen molar-refractivity contribution in [2.45, 2.75) is 138 Å². The van der Waals surface area contributed by atoms with E-state index < -0.39 is 26.3 Å². The molecule has 10 heteroatoms. The summed E-state index contributed by atoms with van der Waals surface area (Å²) in [5.41, 5.74) is 5.90. The topological polar surface area (TPSA) is 97.4 Å². The maximum atomic E-state index is 13.6. The monoisotopic (exact) mass is 708 g/mol. The fourth-order valence-electron chi connectivity index (χ4n) is 6.03. The largest absolute Gasteiger partial charge is 0.487 e. The van der Waals surface area contributed by atoms with E-state index in [9.17, 15) is 13.9 Å². The van der Waals surface area contributed by atoms with Crippen molar-refractivity contribution >= 4 is 20.9 Å². The van der Waals surface area contributed by atoms with E-state index >= 15 is 0 Å². The summed E-state index contributed by atoms with van der Waals surface area (Å²) in [4.78, 5) is 13.0. The highest BCUT2D eigenvalue weighted by Gasteiger charge is 2.46. The minimum Gasteiger partial charge on any atom is -0.487 e. The van der Waals surface area contributed by atoms with Gasteiger partial charge in [0.1, 0.15) is 22.5 Å². The van der Waals surface area contributed by atoms with Gasteiger partial charge in [0.15, 0.2) is 0 Å². The van der Waals surface area contributed by atoms with E-state index in [0.717, 1.165) is 68.2 Å². The summed E-state index contributed by atoms with van der Waals surface area (Å²) in [6.45, 7) is 19.8. The van der Waals surface area contributed by atoms with Crippen LogP contribution in [0.15, 0.2) is 47.1 Å². The molecule has 0 amide bonds. The second kappa shape index (κ2) is 20.0. The molecule has 1 aromatic rings. The normalized spacial score (nSPS) is 18.8. The van der Waals surface area contributed by atoms with Gasteiger partial charge < -0.3 is 23.0 Å². The Hall–Kier alpha value is -1.95. The average Bonchev–Trinajstić information content (AvgIpc) is 2.97. The number of allylic oxidation sites excluding steroid dienone is 6. The summed E-state index contributed by atoms with van der Waals surface area (Å²) in [5.74, 6) is 0.770. The number of rotatable bonds is 21. The zero-order valence-corrected chi connectivity index (χ0v) is 33.1. The van der Waals surface area contributed by atoms with Gasteiger partial charge in [0.05, 0.1) is 19.8 Å². The fraction of sp³-hybridized carbons (Fsp3) is 0.658. The van der Waals surface area contributed by atoms with Gasteiger partial charge in [-0.3, -0.25) is 13.9 Å². The molecule has 0 saturated heterocycles. The van der Waals surface area contributed by atoms with Crippen LogP contribution in [0.25, 0.3) is 0 Å². The summed E-state index contributed by atoms with van der Waals surface area (Å²) in [7, 11) is -7.24. The van der Waals surface area contributed by atoms with Crippen molar-refractivity contribution in [1.82, 2.24) is 0 Å². The quantitative estimate of drug-likeness (QED) is 0.0539. The highest BCUT2D eigenvalue weighted by molar-refractivity contribution is 7.74. The Bertz CT molecular complexity index is 1380. The van der Waals surface area contributed by atoms with Gasteiger partial charge in [0, 0.05) is 13.1 Å². The third-order valence-corrected chi connectivity index (χ3v) is 15.1. The molecular formula is C38H62O8P2. The molecule has 3 atom stereocenters. The number of fused-ring (bicyclic) bond motifs is 1. The van der Waals surface area contributed by atoms with Crippen LogP contribution in [0.2, 0.25) is 0 Å². The molecule has 272 valence electrons. The number of hydrogen-bond acceptors (Lipinski definition) is 8. The predicted molar refractivity (Wildman–Crippen MR) is 198 cm³/mol. The molecule has 0 N–H and O–H groups in total. The Morgan fingerprint density at radius 1 is 0.896 bits per heavy atom. The first-order valence-corrected chi connectivity index (χ1v) is 21.4. The first-order chi connectivity index (χ1) is 22.6. The van der Waals surface area contributed by atoms with Crippen LogP contribution in [0.1, 0.15) is 124 Å². The lowest BCUT2D eigenvalue weighted by atomic mass is 9.87. The lowest BCUT2D eigenvalue weighted by Gasteiger charge is -2.37. The van der Waals surface area contributed by atoms with Crippen LogP contribution in [-0.4, -0.2) is 43.5 Å². The van der Waals surface area contributed by atoms with Crippen molar-refractivity contribution < 1.29 is 37.0 Å². The highest BCUT2D eigenvalue weighted by Crippen LogP contribution is 2.69. The highest BCUT2D eigenvalue weighted by atomic mass is 31.2. The predicted octanol–water partition coefficient (Wildman–Crippen LogP) is 11.5. The van der Waals surface area contributed by atoms with Gasteiger partial charge >= 0.3 is 13.6 Å². The lowest BCUT2D eigenvalue weighted by Crippen LogP contribution is -2.36. The van der Waals surface area contributed by atoms with Gasteiger partial charge in [0.25, 0.3) is 0 Å². The minimum atomic E-state index is -3.80. The number of aryl methyl sites for hydroxylation is 2. The molecule has 8 nitrogen and oxygen atoms in total. The number of benzene rings is 1. The summed E-state index contributed by atoms with van der Waals surface area (Å²) in [6.07, 6.45) is 14.8. The summed E-state index contributed by atoms with van der Waals surface area (Å²) < 4.78 is 55.8. The Kier molecular flexibility index (Phi) is 17.6. The Morgan fingerprint density at radius 2 is 1.48 bits per heavy atom. The van der Waals surface area contributed by atoms with E-state index in [1.54, 1.807) is 20.8 Å². The van der Waals surface area contributed by atoms with E-state index in [1.807, 2.05) is 19.1 Å². The van der Waals surface area contributed by atoms with Crippen molar-refractivity contribution in [2.75, 3.05) is 26.5 Å². The minimum absolute atomic E-state index is 0.0177. The average molecular weight is 709 g/mol. The van der Waals surface area contributed by atoms with Gasteiger partial charge in [-0.2, -0.15) is 0 Å². The maximum Gasteiger partial charge on any atom is 0.343 e. The number of hydrogen-bond donors (Lipinski definition) is 0. The molecule has 2 rings (SSSR count). The first kappa shape index (κ1) is 42.2. The molecule has 48 heavy (non-hydrogen) atoms. The third-order valence-electron chi connectivity index (χ3n) is 8.63. The molecule has 1 aliphatic rings. The Morgan fingerprint density at radius 3 is 2.06 bits per heavy atom. The summed E-state index contributed by atoms with van der Waals surface area (Å²) in [6, 6.07) is 3.68. The lowest BCUT2D eigenvalue weighted by molar-refractivity contribution is -0.134. The van der Waals surface area contributed by atoms with Gasteiger partial charge in [-0.05, 0) is 143 Å². The smallest absolute Gasteiger partial charge is 0.343 e. The van der Waals surface area contributed by atoms with Crippen molar-refractivity contribution in [3.63, 3.8) is 0 Å². The SMILES string of the molecule is CCOP(C)(=O)C(CCC(=O)Oc1cc(C)c2c(c1)CCC(C)(CC/C=C(\C)CC/C=C(\C)CCC=C(C)C)O2)P(=O)(OCC)OCC. The molecule has 0 spiro atoms. The number of esters is 1. The molecule has 1 heterocycles. The van der Waals surface area contributed by atoms with Gasteiger partial charge in [-0.25, -0.2) is 0 Å². The number of carbonyl (C=O) groups is 1. The van der Waals surface area contributed by atoms with Crippen molar-refractivity contribution in [3.8, 4) is 11.5 Å². The molecule has 0 fully saturated rings. The van der Waals surface area contributed by atoms with Crippen LogP contribution in [0.5, 0.6) is 11.5 Å². The second-order valence-corrected chi connectivity index (χ2v) is 18.8. The molecule has 0 aromatic heterocycles. The third kappa shape index (κ3) is 13.8. The molecule has 0 bridgehead atoms. The van der Waals surface area contributed by atoms with Gasteiger partial charge in [-0.15, -0.1) is 0 Å². The molecule has 1 aromatic carbocycles. The molecular weight excluding hydrogens is 646 g/mol. The molecule has 3 unspecified atom stereocenters. The number of carbonyl (C=O) groups excluding carboxylic acids is 1. The van der Waals surface area contributed by atoms with Crippen LogP contribution in [0, 0.1) is 6.92 Å². The first-order valence-electron chi connectivity index (χ1n) is 17.7. The molecule has 1 aliphatic heterocycles. The van der Waals surface area contributed by atoms with Crippen molar-refractivity contribution in [2.24, 2.45) is 0 Å². The molecule has 0 aliphatic carbocycles. The van der Waals surface area contributed by atoms with Crippen LogP contribution < -0.4 is 9.47 Å². The van der Waals surface area contributed by atoms with Crippen molar-refractivity contribution in [1.29, 1.82) is 0 Å². The zero-order valence-electron chi connectivity index (χ0n) is 31.3. The Labute approximate surface area is 291 Å². The van der Waals surface area contributed by atoms with Crippen LogP contribution in [0.4, 0.5) is 0 Å². The van der Waals surface area contributed by atoms with E-state index in [-0.39, 0.29) is 38.3 Å². The van der Waals surface area contributed by atoms with E-state index in [1.165, 1.54) is 23.4 Å². The van der Waals surface area contributed by atoms with Gasteiger partial charge in [0.2, 0.25) is 7.37 Å². The van der Waals surface area contributed by atoms with E-state index in [2.05, 4.69) is 52.8 Å². The second-order valence-electron chi connectivity index (χ2n) is 13.5. The summed E-state index contributed by atoms with van der Waals surface area (Å²) >= 11 is 0. The molecule has 0 saturated carbocycles. The van der Waals surface area contributed by atoms with Crippen LogP contribution in [0.3, 0.4) is 0 Å².